The molecule has 1 heterocycles. The van der Waals surface area contributed by atoms with E-state index in [1.54, 1.807) is 4.90 Å². The molecule has 2 N–H and O–H groups in total. The van der Waals surface area contributed by atoms with Gasteiger partial charge in [-0.15, -0.1) is 12.4 Å². The molecule has 0 aliphatic carbocycles. The summed E-state index contributed by atoms with van der Waals surface area (Å²) >= 11 is 0. The first-order valence-corrected chi connectivity index (χ1v) is 7.01. The van der Waals surface area contributed by atoms with Gasteiger partial charge in [-0.25, -0.2) is 4.39 Å². The first-order chi connectivity index (χ1) is 10.1. The van der Waals surface area contributed by atoms with Crippen LogP contribution in [0.1, 0.15) is 23.2 Å². The molecule has 0 aromatic heterocycles. The fraction of sp³-hybridized carbons (Fsp3) is 0.533. The van der Waals surface area contributed by atoms with Crippen molar-refractivity contribution in [2.45, 2.75) is 12.8 Å². The highest BCUT2D eigenvalue weighted by Crippen LogP contribution is 2.31. The Bertz CT molecular complexity index is 520. The third kappa shape index (κ3) is 3.81. The number of halogens is 2. The van der Waals surface area contributed by atoms with Gasteiger partial charge in [0.2, 0.25) is 0 Å². The lowest BCUT2D eigenvalue weighted by atomic mass is 9.96. The number of nitrogens with two attached hydrogens (primary N) is 1. The van der Waals surface area contributed by atoms with E-state index in [1.807, 2.05) is 0 Å². The van der Waals surface area contributed by atoms with Crippen molar-refractivity contribution in [1.82, 2.24) is 4.90 Å². The van der Waals surface area contributed by atoms with Gasteiger partial charge in [-0.05, 0) is 31.4 Å². The first-order valence-electron chi connectivity index (χ1n) is 7.01. The number of nitrogens with zero attached hydrogens (tertiary/aromatic N) is 1. The number of hydrogen-bond acceptors (Lipinski definition) is 4. The van der Waals surface area contributed by atoms with E-state index in [2.05, 4.69) is 0 Å². The normalized spacial score (nSPS) is 15.2. The number of benzene rings is 1. The summed E-state index contributed by atoms with van der Waals surface area (Å²) in [4.78, 5) is 14.1. The molecule has 1 fully saturated rings. The van der Waals surface area contributed by atoms with E-state index in [9.17, 15) is 9.18 Å². The molecule has 0 atom stereocenters. The van der Waals surface area contributed by atoms with Crippen LogP contribution in [-0.4, -0.2) is 44.7 Å². The van der Waals surface area contributed by atoms with Crippen LogP contribution in [0.2, 0.25) is 0 Å². The average Bonchev–Trinajstić information content (AvgIpc) is 2.54. The van der Waals surface area contributed by atoms with Gasteiger partial charge in [0.25, 0.3) is 5.91 Å². The van der Waals surface area contributed by atoms with E-state index < -0.39 is 5.82 Å². The number of rotatable bonds is 4. The zero-order chi connectivity index (χ0) is 15.4. The smallest absolute Gasteiger partial charge is 0.256 e. The molecule has 0 unspecified atom stereocenters. The number of piperidine rings is 1. The van der Waals surface area contributed by atoms with Crippen LogP contribution in [0.3, 0.4) is 0 Å². The minimum atomic E-state index is -0.599. The van der Waals surface area contributed by atoms with Crippen molar-refractivity contribution in [3.63, 3.8) is 0 Å². The molecule has 7 heteroatoms. The molecule has 2 rings (SSSR count). The largest absolute Gasteiger partial charge is 0.493 e. The van der Waals surface area contributed by atoms with E-state index in [-0.39, 0.29) is 29.6 Å². The maximum Gasteiger partial charge on any atom is 0.256 e. The molecule has 124 valence electrons. The Hall–Kier alpha value is -1.53. The highest BCUT2D eigenvalue weighted by atomic mass is 35.5. The number of carbonyl (C=O) groups is 1. The predicted molar refractivity (Wildman–Crippen MR) is 84.4 cm³/mol. The highest BCUT2D eigenvalue weighted by molar-refractivity contribution is 5.95. The summed E-state index contributed by atoms with van der Waals surface area (Å²) in [6, 6.07) is 2.57. The summed E-state index contributed by atoms with van der Waals surface area (Å²) in [5.41, 5.74) is 5.65. The van der Waals surface area contributed by atoms with Crippen LogP contribution in [-0.2, 0) is 0 Å². The van der Waals surface area contributed by atoms with Crippen LogP contribution >= 0.6 is 12.4 Å². The number of carbonyl (C=O) groups excluding carboxylic acids is 1. The standard InChI is InChI=1S/C15H21FN2O3.ClH/c1-20-13-7-11(12(16)8-14(13)21-2)15(19)18-5-3-10(9-17)4-6-18;/h7-8,10H,3-6,9,17H2,1-2H3;1H. The number of ether oxygens (including phenoxy) is 2. The zero-order valence-electron chi connectivity index (χ0n) is 12.8. The molecule has 1 aromatic rings. The monoisotopic (exact) mass is 332 g/mol. The van der Waals surface area contributed by atoms with Gasteiger partial charge >= 0.3 is 0 Å². The maximum atomic E-state index is 14.1. The summed E-state index contributed by atoms with van der Waals surface area (Å²) in [5.74, 6) is 0.152. The Morgan fingerprint density at radius 2 is 1.82 bits per heavy atom. The molecule has 0 spiro atoms. The lowest BCUT2D eigenvalue weighted by Crippen LogP contribution is -2.40. The van der Waals surface area contributed by atoms with Gasteiger partial charge in [0, 0.05) is 19.2 Å². The van der Waals surface area contributed by atoms with Gasteiger partial charge in [-0.3, -0.25) is 4.79 Å². The van der Waals surface area contributed by atoms with Crippen LogP contribution in [0.15, 0.2) is 12.1 Å². The van der Waals surface area contributed by atoms with Crippen molar-refractivity contribution in [3.05, 3.63) is 23.5 Å². The second-order valence-corrected chi connectivity index (χ2v) is 5.16. The molecular weight excluding hydrogens is 311 g/mol. The fourth-order valence-electron chi connectivity index (χ4n) is 2.56. The lowest BCUT2D eigenvalue weighted by Gasteiger charge is -2.31. The zero-order valence-corrected chi connectivity index (χ0v) is 13.6. The summed E-state index contributed by atoms with van der Waals surface area (Å²) in [6.45, 7) is 1.84. The van der Waals surface area contributed by atoms with Crippen molar-refractivity contribution in [1.29, 1.82) is 0 Å². The number of methoxy groups -OCH3 is 2. The number of amides is 1. The van der Waals surface area contributed by atoms with Crippen molar-refractivity contribution < 1.29 is 18.7 Å². The van der Waals surface area contributed by atoms with Crippen LogP contribution in [0, 0.1) is 11.7 Å². The molecule has 1 aliphatic heterocycles. The van der Waals surface area contributed by atoms with Crippen molar-refractivity contribution in [2.75, 3.05) is 33.9 Å². The Labute approximate surface area is 136 Å². The summed E-state index contributed by atoms with van der Waals surface area (Å²) < 4.78 is 24.2. The molecular formula is C15H22ClFN2O3. The number of hydrogen-bond donors (Lipinski definition) is 1. The molecule has 0 bridgehead atoms. The van der Waals surface area contributed by atoms with Crippen molar-refractivity contribution in [2.24, 2.45) is 11.7 Å². The first kappa shape index (κ1) is 18.5. The third-order valence-corrected chi connectivity index (χ3v) is 3.94. The van der Waals surface area contributed by atoms with Crippen LogP contribution in [0.4, 0.5) is 4.39 Å². The van der Waals surface area contributed by atoms with Crippen molar-refractivity contribution in [3.8, 4) is 11.5 Å². The van der Waals surface area contributed by atoms with Gasteiger partial charge in [0.05, 0.1) is 19.8 Å². The molecule has 0 saturated carbocycles. The van der Waals surface area contributed by atoms with E-state index in [0.717, 1.165) is 12.8 Å². The SMILES string of the molecule is COc1cc(F)c(C(=O)N2CCC(CN)CC2)cc1OC.Cl. The van der Waals surface area contributed by atoms with Gasteiger partial charge < -0.3 is 20.1 Å². The molecule has 1 aromatic carbocycles. The second kappa shape index (κ2) is 8.19. The molecule has 22 heavy (non-hydrogen) atoms. The topological polar surface area (TPSA) is 64.8 Å². The molecule has 1 aliphatic rings. The van der Waals surface area contributed by atoms with Gasteiger partial charge in [-0.2, -0.15) is 0 Å². The average molecular weight is 333 g/mol. The fourth-order valence-corrected chi connectivity index (χ4v) is 2.56. The summed E-state index contributed by atoms with van der Waals surface area (Å²) in [7, 11) is 2.88. The van der Waals surface area contributed by atoms with Crippen LogP contribution in [0.5, 0.6) is 11.5 Å². The predicted octanol–water partition coefficient (Wildman–Crippen LogP) is 2.08. The third-order valence-electron chi connectivity index (χ3n) is 3.94. The van der Waals surface area contributed by atoms with Gasteiger partial charge in [0.15, 0.2) is 11.5 Å². The van der Waals surface area contributed by atoms with E-state index in [4.69, 9.17) is 15.2 Å². The Morgan fingerprint density at radius 1 is 1.27 bits per heavy atom. The second-order valence-electron chi connectivity index (χ2n) is 5.16. The van der Waals surface area contributed by atoms with E-state index in [0.29, 0.717) is 31.3 Å². The lowest BCUT2D eigenvalue weighted by molar-refractivity contribution is 0.0688. The number of likely N-dealkylation sites (tertiary alicyclic amines) is 1. The minimum absolute atomic E-state index is 0. The summed E-state index contributed by atoms with van der Waals surface area (Å²) in [5, 5.41) is 0. The molecule has 5 nitrogen and oxygen atoms in total. The van der Waals surface area contributed by atoms with E-state index in [1.165, 1.54) is 26.4 Å². The van der Waals surface area contributed by atoms with Crippen molar-refractivity contribution >= 4 is 18.3 Å². The van der Waals surface area contributed by atoms with E-state index >= 15 is 0 Å². The summed E-state index contributed by atoms with van der Waals surface area (Å²) in [6.07, 6.45) is 1.72. The Kier molecular flexibility index (Phi) is 6.90. The highest BCUT2D eigenvalue weighted by Gasteiger charge is 2.26. The Morgan fingerprint density at radius 3 is 2.32 bits per heavy atom. The minimum Gasteiger partial charge on any atom is -0.493 e. The Balaban J connectivity index is 0.00000242. The molecule has 1 amide bonds. The van der Waals surface area contributed by atoms with Crippen LogP contribution < -0.4 is 15.2 Å². The van der Waals surface area contributed by atoms with Crippen LogP contribution in [0.25, 0.3) is 0 Å². The quantitative estimate of drug-likeness (QED) is 0.916. The van der Waals surface area contributed by atoms with Gasteiger partial charge in [-0.1, -0.05) is 0 Å². The van der Waals surface area contributed by atoms with Gasteiger partial charge in [0.1, 0.15) is 5.82 Å². The molecule has 0 radical (unpaired) electrons. The maximum absolute atomic E-state index is 14.1. The molecule has 1 saturated heterocycles.